The fraction of sp³-hybridized carbons (Fsp3) is 0.571. The molecule has 146 valence electrons. The molecule has 3 rings (SSSR count). The van der Waals surface area contributed by atoms with Crippen LogP contribution < -0.4 is 5.73 Å². The van der Waals surface area contributed by atoms with E-state index >= 15 is 0 Å². The summed E-state index contributed by atoms with van der Waals surface area (Å²) in [6, 6.07) is -0.750. The number of aromatic nitrogens is 4. The van der Waals surface area contributed by atoms with Crippen molar-refractivity contribution in [3.63, 3.8) is 0 Å². The van der Waals surface area contributed by atoms with Crippen molar-refractivity contribution in [2.24, 2.45) is 11.7 Å². The van der Waals surface area contributed by atoms with Crippen molar-refractivity contribution in [2.45, 2.75) is 41.6 Å². The predicted octanol–water partition coefficient (Wildman–Crippen LogP) is -0.258. The van der Waals surface area contributed by atoms with Gasteiger partial charge in [-0.2, -0.15) is 5.21 Å². The zero-order valence-corrected chi connectivity index (χ0v) is 15.9. The van der Waals surface area contributed by atoms with Gasteiger partial charge in [-0.05, 0) is 17.2 Å². The molecule has 1 amide bonds. The Morgan fingerprint density at radius 3 is 2.78 bits per heavy atom. The topological polar surface area (TPSA) is 175 Å². The summed E-state index contributed by atoms with van der Waals surface area (Å²) in [5, 5.41) is 31.9. The molecule has 3 unspecified atom stereocenters. The Kier molecular flexibility index (Phi) is 5.72. The largest absolute Gasteiger partial charge is 0.481 e. The predicted molar refractivity (Wildman–Crippen MR) is 95.6 cm³/mol. The molecule has 11 nitrogen and oxygen atoms in total. The van der Waals surface area contributed by atoms with Gasteiger partial charge in [0.1, 0.15) is 17.1 Å². The SMILES string of the molecule is CCCC(C(=O)O)C(Sc1nn[nH]n1)C1=C(C(=O)O)N2C(=O)C(N)[C@H]2SC1. The number of nitrogens with two attached hydrogens (primary N) is 1. The Balaban J connectivity index is 2.06. The zero-order chi connectivity index (χ0) is 19.7. The Morgan fingerprint density at radius 1 is 1.48 bits per heavy atom. The summed E-state index contributed by atoms with van der Waals surface area (Å²) in [6.07, 6.45) is 0.933. The van der Waals surface area contributed by atoms with Gasteiger partial charge in [-0.15, -0.1) is 22.0 Å². The summed E-state index contributed by atoms with van der Waals surface area (Å²) >= 11 is 2.36. The molecule has 5 N–H and O–H groups in total. The van der Waals surface area contributed by atoms with E-state index in [1.165, 1.54) is 11.8 Å². The molecule has 0 bridgehead atoms. The quantitative estimate of drug-likeness (QED) is 0.326. The van der Waals surface area contributed by atoms with E-state index in [4.69, 9.17) is 5.73 Å². The first-order chi connectivity index (χ1) is 12.9. The van der Waals surface area contributed by atoms with E-state index in [0.29, 0.717) is 18.4 Å². The number of carbonyl (C=O) groups excluding carboxylic acids is 1. The second-order valence-electron chi connectivity index (χ2n) is 6.08. The van der Waals surface area contributed by atoms with Crippen LogP contribution >= 0.6 is 23.5 Å². The maximum absolute atomic E-state index is 12.2. The van der Waals surface area contributed by atoms with Gasteiger partial charge in [0.05, 0.1) is 11.2 Å². The molecule has 1 saturated heterocycles. The van der Waals surface area contributed by atoms with Crippen LogP contribution in [0.25, 0.3) is 0 Å². The molecular formula is C14H18N6O5S2. The van der Waals surface area contributed by atoms with Gasteiger partial charge in [0, 0.05) is 5.75 Å². The summed E-state index contributed by atoms with van der Waals surface area (Å²) in [5.41, 5.74) is 5.94. The van der Waals surface area contributed by atoms with E-state index in [0.717, 1.165) is 16.7 Å². The lowest BCUT2D eigenvalue weighted by Crippen LogP contribution is -2.68. The first-order valence-electron chi connectivity index (χ1n) is 8.16. The number of amides is 1. The van der Waals surface area contributed by atoms with Gasteiger partial charge >= 0.3 is 11.9 Å². The molecule has 27 heavy (non-hydrogen) atoms. The number of carboxylic acids is 2. The highest BCUT2D eigenvalue weighted by Crippen LogP contribution is 2.45. The lowest BCUT2D eigenvalue weighted by atomic mass is 9.92. The van der Waals surface area contributed by atoms with Crippen molar-refractivity contribution in [1.29, 1.82) is 0 Å². The number of β-lactam (4-membered cyclic amide) rings is 1. The van der Waals surface area contributed by atoms with E-state index in [1.54, 1.807) is 0 Å². The minimum absolute atomic E-state index is 0.186. The van der Waals surface area contributed by atoms with Crippen LogP contribution in [0.2, 0.25) is 0 Å². The first kappa shape index (κ1) is 19.6. The van der Waals surface area contributed by atoms with Gasteiger partial charge < -0.3 is 15.9 Å². The molecular weight excluding hydrogens is 396 g/mol. The van der Waals surface area contributed by atoms with Gasteiger partial charge in [0.2, 0.25) is 11.1 Å². The number of nitrogens with zero attached hydrogens (tertiary/aromatic N) is 4. The number of aliphatic carboxylic acids is 2. The third-order valence-electron chi connectivity index (χ3n) is 4.43. The van der Waals surface area contributed by atoms with Crippen LogP contribution in [0.1, 0.15) is 19.8 Å². The number of fused-ring (bicyclic) bond motifs is 1. The molecule has 0 aromatic carbocycles. The maximum Gasteiger partial charge on any atom is 0.352 e. The lowest BCUT2D eigenvalue weighted by Gasteiger charge is -2.49. The third kappa shape index (κ3) is 3.53. The summed E-state index contributed by atoms with van der Waals surface area (Å²) in [4.78, 5) is 37.2. The normalized spacial score (nSPS) is 24.2. The molecule has 13 heteroatoms. The van der Waals surface area contributed by atoms with Crippen molar-refractivity contribution in [2.75, 3.05) is 5.75 Å². The highest BCUT2D eigenvalue weighted by atomic mass is 32.2. The number of carbonyl (C=O) groups is 3. The van der Waals surface area contributed by atoms with Crippen molar-refractivity contribution in [3.8, 4) is 0 Å². The number of tetrazole rings is 1. The summed E-state index contributed by atoms with van der Waals surface area (Å²) in [5.74, 6) is -3.42. The van der Waals surface area contributed by atoms with E-state index in [2.05, 4.69) is 20.6 Å². The fourth-order valence-corrected chi connectivity index (χ4v) is 5.80. The van der Waals surface area contributed by atoms with Crippen LogP contribution in [0.3, 0.4) is 0 Å². The molecule has 1 fully saturated rings. The lowest BCUT2D eigenvalue weighted by molar-refractivity contribution is -0.148. The maximum atomic E-state index is 12.2. The van der Waals surface area contributed by atoms with Crippen LogP contribution in [0.5, 0.6) is 0 Å². The summed E-state index contributed by atoms with van der Waals surface area (Å²) in [6.45, 7) is 1.85. The third-order valence-corrected chi connectivity index (χ3v) is 7.00. The molecule has 1 aromatic rings. The Morgan fingerprint density at radius 2 is 2.22 bits per heavy atom. The number of aromatic amines is 1. The van der Waals surface area contributed by atoms with Gasteiger partial charge in [-0.3, -0.25) is 14.5 Å². The monoisotopic (exact) mass is 414 g/mol. The number of H-pyrrole nitrogens is 1. The van der Waals surface area contributed by atoms with Gasteiger partial charge in [-0.1, -0.05) is 25.1 Å². The second-order valence-corrected chi connectivity index (χ2v) is 8.29. The zero-order valence-electron chi connectivity index (χ0n) is 14.2. The van der Waals surface area contributed by atoms with Gasteiger partial charge in [0.15, 0.2) is 0 Å². The Bertz CT molecular complexity index is 785. The number of carboxylic acid groups (broad SMARTS) is 2. The number of hydrogen-bond acceptors (Lipinski definition) is 9. The molecule has 1 aromatic heterocycles. The van der Waals surface area contributed by atoms with Gasteiger partial charge in [0.25, 0.3) is 0 Å². The van der Waals surface area contributed by atoms with Crippen LogP contribution in [-0.4, -0.2) is 76.0 Å². The van der Waals surface area contributed by atoms with Crippen molar-refractivity contribution >= 4 is 41.4 Å². The van der Waals surface area contributed by atoms with E-state index < -0.39 is 40.4 Å². The number of hydrogen-bond donors (Lipinski definition) is 4. The highest BCUT2D eigenvalue weighted by molar-refractivity contribution is 8.01. The second kappa shape index (κ2) is 7.86. The molecule has 0 saturated carbocycles. The van der Waals surface area contributed by atoms with Crippen LogP contribution in [0, 0.1) is 5.92 Å². The number of thioether (sulfide) groups is 2. The fourth-order valence-electron chi connectivity index (χ4n) is 3.19. The molecule has 4 atom stereocenters. The van der Waals surface area contributed by atoms with Crippen LogP contribution in [0.4, 0.5) is 0 Å². The minimum Gasteiger partial charge on any atom is -0.481 e. The minimum atomic E-state index is -1.28. The van der Waals surface area contributed by atoms with E-state index in [1.807, 2.05) is 6.92 Å². The van der Waals surface area contributed by atoms with E-state index in [-0.39, 0.29) is 16.6 Å². The average Bonchev–Trinajstić information content (AvgIpc) is 3.15. The van der Waals surface area contributed by atoms with Gasteiger partial charge in [-0.25, -0.2) is 4.79 Å². The van der Waals surface area contributed by atoms with Crippen LogP contribution in [-0.2, 0) is 14.4 Å². The van der Waals surface area contributed by atoms with Crippen LogP contribution in [0.15, 0.2) is 16.4 Å². The van der Waals surface area contributed by atoms with Crippen molar-refractivity contribution < 1.29 is 24.6 Å². The molecule has 3 heterocycles. The summed E-state index contributed by atoms with van der Waals surface area (Å²) in [7, 11) is 0. The first-order valence-corrected chi connectivity index (χ1v) is 10.1. The number of rotatable bonds is 8. The molecule has 2 aliphatic rings. The molecule has 0 aliphatic carbocycles. The van der Waals surface area contributed by atoms with Crippen molar-refractivity contribution in [3.05, 3.63) is 11.3 Å². The molecule has 2 aliphatic heterocycles. The smallest absolute Gasteiger partial charge is 0.352 e. The Labute approximate surface area is 162 Å². The highest BCUT2D eigenvalue weighted by Gasteiger charge is 2.53. The summed E-state index contributed by atoms with van der Waals surface area (Å²) < 4.78 is 0. The van der Waals surface area contributed by atoms with Crippen molar-refractivity contribution in [1.82, 2.24) is 25.5 Å². The molecule has 0 spiro atoms. The average molecular weight is 414 g/mol. The number of nitrogens with one attached hydrogen (secondary N) is 1. The standard InChI is InChI=1S/C14H18N6O5S2/c1-2-3-5(12(22)23)9(27-14-16-18-19-17-14)6-4-26-11-7(15)10(21)20(11)8(6)13(24)25/h5,7,9,11H,2-4,15H2,1H3,(H,22,23)(H,24,25)(H,16,17,18,19)/t5?,7?,9?,11-/m1/s1. The Hall–Kier alpha value is -2.12. The molecule has 0 radical (unpaired) electrons. The van der Waals surface area contributed by atoms with E-state index in [9.17, 15) is 24.6 Å².